The third-order valence-corrected chi connectivity index (χ3v) is 4.29. The van der Waals surface area contributed by atoms with Crippen LogP contribution in [-0.2, 0) is 7.05 Å². The molecule has 0 atom stereocenters. The van der Waals surface area contributed by atoms with Crippen LogP contribution in [0.4, 0.5) is 0 Å². The van der Waals surface area contributed by atoms with Gasteiger partial charge >= 0.3 is 0 Å². The molecule has 0 spiro atoms. The molecule has 0 N–H and O–H groups in total. The molecule has 114 valence electrons. The Bertz CT molecular complexity index is 1010. The standard InChI is InChI=1S/C18H17N5/c1-12-6-4-5-7-16(12)23-11-19-21-18(23)14-8-9-17-15(10-14)20-13(2)22(17)3/h4-11H,1-3H3. The molecule has 5 nitrogen and oxygen atoms in total. The Hall–Kier alpha value is -2.95. The van der Waals surface area contributed by atoms with E-state index in [9.17, 15) is 0 Å². The maximum Gasteiger partial charge on any atom is 0.168 e. The maximum absolute atomic E-state index is 4.61. The first-order valence-electron chi connectivity index (χ1n) is 7.54. The zero-order valence-corrected chi connectivity index (χ0v) is 13.4. The summed E-state index contributed by atoms with van der Waals surface area (Å²) in [7, 11) is 2.03. The summed E-state index contributed by atoms with van der Waals surface area (Å²) >= 11 is 0. The summed E-state index contributed by atoms with van der Waals surface area (Å²) < 4.78 is 4.11. The number of benzene rings is 2. The van der Waals surface area contributed by atoms with Crippen molar-refractivity contribution in [3.8, 4) is 17.1 Å². The predicted molar refractivity (Wildman–Crippen MR) is 90.5 cm³/mol. The normalized spacial score (nSPS) is 11.3. The van der Waals surface area contributed by atoms with Gasteiger partial charge in [-0.2, -0.15) is 0 Å². The van der Waals surface area contributed by atoms with Gasteiger partial charge in [-0.05, 0) is 43.7 Å². The molecule has 2 aromatic carbocycles. The predicted octanol–water partition coefficient (Wildman–Crippen LogP) is 3.44. The van der Waals surface area contributed by atoms with Gasteiger partial charge < -0.3 is 4.57 Å². The van der Waals surface area contributed by atoms with Crippen molar-refractivity contribution < 1.29 is 0 Å². The molecule has 0 aliphatic rings. The molecule has 23 heavy (non-hydrogen) atoms. The number of imidazole rings is 1. The number of aryl methyl sites for hydroxylation is 3. The number of hydrogen-bond acceptors (Lipinski definition) is 3. The van der Waals surface area contributed by atoms with Gasteiger partial charge in [0.05, 0.1) is 16.7 Å². The third kappa shape index (κ3) is 2.12. The minimum atomic E-state index is 0.824. The molecule has 0 bridgehead atoms. The molecule has 0 radical (unpaired) electrons. The quantitative estimate of drug-likeness (QED) is 0.570. The van der Waals surface area contributed by atoms with Crippen LogP contribution in [0.25, 0.3) is 28.1 Å². The van der Waals surface area contributed by atoms with Gasteiger partial charge in [-0.15, -0.1) is 10.2 Å². The highest BCUT2D eigenvalue weighted by molar-refractivity contribution is 5.81. The van der Waals surface area contributed by atoms with Crippen molar-refractivity contribution in [1.29, 1.82) is 0 Å². The molecule has 0 aliphatic heterocycles. The minimum Gasteiger partial charge on any atom is -0.331 e. The highest BCUT2D eigenvalue weighted by Crippen LogP contribution is 2.26. The highest BCUT2D eigenvalue weighted by atomic mass is 15.3. The lowest BCUT2D eigenvalue weighted by atomic mass is 10.1. The van der Waals surface area contributed by atoms with Crippen LogP contribution in [-0.4, -0.2) is 24.3 Å². The Morgan fingerprint density at radius 1 is 1.00 bits per heavy atom. The molecule has 0 fully saturated rings. The monoisotopic (exact) mass is 303 g/mol. The smallest absolute Gasteiger partial charge is 0.168 e. The van der Waals surface area contributed by atoms with Crippen LogP contribution in [0.1, 0.15) is 11.4 Å². The molecule has 5 heteroatoms. The lowest BCUT2D eigenvalue weighted by Crippen LogP contribution is -1.98. The van der Waals surface area contributed by atoms with Crippen molar-refractivity contribution in [3.05, 3.63) is 60.2 Å². The first-order chi connectivity index (χ1) is 11.1. The molecule has 0 aliphatic carbocycles. The third-order valence-electron chi connectivity index (χ3n) is 4.29. The second kappa shape index (κ2) is 5.05. The maximum atomic E-state index is 4.61. The van der Waals surface area contributed by atoms with Gasteiger partial charge in [0.25, 0.3) is 0 Å². The van der Waals surface area contributed by atoms with Gasteiger partial charge in [0.15, 0.2) is 5.82 Å². The Morgan fingerprint density at radius 2 is 1.83 bits per heavy atom. The van der Waals surface area contributed by atoms with Gasteiger partial charge in [-0.1, -0.05) is 18.2 Å². The van der Waals surface area contributed by atoms with Gasteiger partial charge in [-0.25, -0.2) is 4.98 Å². The Labute approximate surface area is 134 Å². The molecule has 4 rings (SSSR count). The number of fused-ring (bicyclic) bond motifs is 1. The van der Waals surface area contributed by atoms with E-state index in [0.717, 1.165) is 33.9 Å². The summed E-state index contributed by atoms with van der Waals surface area (Å²) in [4.78, 5) is 4.61. The zero-order chi connectivity index (χ0) is 16.0. The fraction of sp³-hybridized carbons (Fsp3) is 0.167. The lowest BCUT2D eigenvalue weighted by molar-refractivity contribution is 0.886. The number of aromatic nitrogens is 5. The van der Waals surface area contributed by atoms with E-state index < -0.39 is 0 Å². The highest BCUT2D eigenvalue weighted by Gasteiger charge is 2.12. The first-order valence-corrected chi connectivity index (χ1v) is 7.54. The number of para-hydroxylation sites is 1. The van der Waals surface area contributed by atoms with Crippen molar-refractivity contribution >= 4 is 11.0 Å². The van der Waals surface area contributed by atoms with Gasteiger partial charge in [0, 0.05) is 12.6 Å². The molecule has 2 aromatic heterocycles. The van der Waals surface area contributed by atoms with E-state index in [1.54, 1.807) is 6.33 Å². The topological polar surface area (TPSA) is 48.5 Å². The van der Waals surface area contributed by atoms with E-state index in [0.29, 0.717) is 0 Å². The van der Waals surface area contributed by atoms with Crippen LogP contribution < -0.4 is 0 Å². The van der Waals surface area contributed by atoms with Crippen LogP contribution in [0, 0.1) is 13.8 Å². The van der Waals surface area contributed by atoms with Crippen molar-refractivity contribution in [2.45, 2.75) is 13.8 Å². The molecule has 0 saturated carbocycles. The van der Waals surface area contributed by atoms with E-state index in [1.807, 2.05) is 30.7 Å². The van der Waals surface area contributed by atoms with E-state index in [1.165, 1.54) is 5.56 Å². The molecule has 2 heterocycles. The first kappa shape index (κ1) is 13.7. The summed E-state index contributed by atoms with van der Waals surface area (Å²) in [5.41, 5.74) is 5.37. The number of rotatable bonds is 2. The summed E-state index contributed by atoms with van der Waals surface area (Å²) in [5.74, 6) is 1.82. The number of hydrogen-bond donors (Lipinski definition) is 0. The Morgan fingerprint density at radius 3 is 2.65 bits per heavy atom. The van der Waals surface area contributed by atoms with Crippen molar-refractivity contribution in [1.82, 2.24) is 24.3 Å². The Kier molecular flexibility index (Phi) is 3.01. The SMILES string of the molecule is Cc1ccccc1-n1cnnc1-c1ccc2c(c1)nc(C)n2C. The van der Waals surface area contributed by atoms with E-state index in [2.05, 4.69) is 57.0 Å². The van der Waals surface area contributed by atoms with E-state index in [-0.39, 0.29) is 0 Å². The van der Waals surface area contributed by atoms with Gasteiger partial charge in [0.1, 0.15) is 12.2 Å². The molecule has 0 saturated heterocycles. The summed E-state index contributed by atoms with van der Waals surface area (Å²) in [6.07, 6.45) is 1.76. The molecule has 4 aromatic rings. The molecule has 0 unspecified atom stereocenters. The Balaban J connectivity index is 1.90. The van der Waals surface area contributed by atoms with Crippen LogP contribution in [0.3, 0.4) is 0 Å². The average molecular weight is 303 g/mol. The summed E-state index contributed by atoms with van der Waals surface area (Å²) in [6, 6.07) is 14.4. The second-order valence-corrected chi connectivity index (χ2v) is 5.73. The van der Waals surface area contributed by atoms with Crippen molar-refractivity contribution in [2.75, 3.05) is 0 Å². The van der Waals surface area contributed by atoms with Crippen LogP contribution in [0.15, 0.2) is 48.8 Å². The van der Waals surface area contributed by atoms with Crippen LogP contribution in [0.2, 0.25) is 0 Å². The zero-order valence-electron chi connectivity index (χ0n) is 13.4. The van der Waals surface area contributed by atoms with Crippen molar-refractivity contribution in [3.63, 3.8) is 0 Å². The second-order valence-electron chi connectivity index (χ2n) is 5.73. The summed E-state index contributed by atoms with van der Waals surface area (Å²) in [6.45, 7) is 4.10. The largest absolute Gasteiger partial charge is 0.331 e. The van der Waals surface area contributed by atoms with Crippen LogP contribution >= 0.6 is 0 Å². The minimum absolute atomic E-state index is 0.824. The fourth-order valence-corrected chi connectivity index (χ4v) is 2.90. The van der Waals surface area contributed by atoms with Gasteiger partial charge in [0.2, 0.25) is 0 Å². The average Bonchev–Trinajstić information content (AvgIpc) is 3.13. The van der Waals surface area contributed by atoms with Crippen molar-refractivity contribution in [2.24, 2.45) is 7.05 Å². The molecular weight excluding hydrogens is 286 g/mol. The lowest BCUT2D eigenvalue weighted by Gasteiger charge is -2.09. The van der Waals surface area contributed by atoms with Gasteiger partial charge in [-0.3, -0.25) is 4.57 Å². The van der Waals surface area contributed by atoms with E-state index >= 15 is 0 Å². The molecular formula is C18H17N5. The molecule has 0 amide bonds. The number of nitrogens with zero attached hydrogens (tertiary/aromatic N) is 5. The summed E-state index contributed by atoms with van der Waals surface area (Å²) in [5, 5.41) is 8.42. The van der Waals surface area contributed by atoms with E-state index in [4.69, 9.17) is 0 Å². The van der Waals surface area contributed by atoms with Crippen LogP contribution in [0.5, 0.6) is 0 Å². The fourth-order valence-electron chi connectivity index (χ4n) is 2.90.